The van der Waals surface area contributed by atoms with E-state index in [2.05, 4.69) is 5.32 Å². The third-order valence-corrected chi connectivity index (χ3v) is 2.77. The zero-order valence-electron chi connectivity index (χ0n) is 7.57. The van der Waals surface area contributed by atoms with Crippen LogP contribution in [-0.2, 0) is 0 Å². The molecule has 0 heterocycles. The number of nitrogens with one attached hydrogen (secondary N) is 1. The lowest BCUT2D eigenvalue weighted by Gasteiger charge is -2.33. The van der Waals surface area contributed by atoms with E-state index in [1.165, 1.54) is 6.07 Å². The maximum Gasteiger partial charge on any atom is 0.138 e. The number of phenolic OH excluding ortho intramolecular Hbond substituents is 1. The standard InChI is InChI=1S/C10H12ClNO2/c11-6-1-3-10(14)8(5-6)12-7-2-4-9(7)13/h1,3,5,7,9,12-14H,2,4H2/t7-,9-/m1/s1. The van der Waals surface area contributed by atoms with E-state index in [1.807, 2.05) is 0 Å². The second-order valence-corrected chi connectivity index (χ2v) is 3.99. The summed E-state index contributed by atoms with van der Waals surface area (Å²) in [6, 6.07) is 4.86. The molecule has 1 saturated carbocycles. The number of anilines is 1. The number of rotatable bonds is 2. The fraction of sp³-hybridized carbons (Fsp3) is 0.400. The summed E-state index contributed by atoms with van der Waals surface area (Å²) in [4.78, 5) is 0. The van der Waals surface area contributed by atoms with E-state index in [0.717, 1.165) is 12.8 Å². The van der Waals surface area contributed by atoms with Gasteiger partial charge < -0.3 is 15.5 Å². The first-order valence-corrected chi connectivity index (χ1v) is 4.98. The second kappa shape index (κ2) is 3.67. The quantitative estimate of drug-likeness (QED) is 0.659. The molecular weight excluding hydrogens is 202 g/mol. The number of benzene rings is 1. The number of aliphatic hydroxyl groups is 1. The third-order valence-electron chi connectivity index (χ3n) is 2.54. The highest BCUT2D eigenvalue weighted by Crippen LogP contribution is 2.31. The molecule has 1 aromatic rings. The largest absolute Gasteiger partial charge is 0.506 e. The first-order chi connectivity index (χ1) is 6.66. The van der Waals surface area contributed by atoms with Gasteiger partial charge in [-0.3, -0.25) is 0 Å². The predicted octanol–water partition coefficient (Wildman–Crippen LogP) is 1.98. The molecule has 0 aliphatic heterocycles. The number of phenols is 1. The first-order valence-electron chi connectivity index (χ1n) is 4.60. The van der Waals surface area contributed by atoms with Crippen molar-refractivity contribution in [2.45, 2.75) is 25.0 Å². The van der Waals surface area contributed by atoms with E-state index < -0.39 is 0 Å². The lowest BCUT2D eigenvalue weighted by atomic mass is 9.89. The van der Waals surface area contributed by atoms with Crippen LogP contribution in [0.5, 0.6) is 5.75 Å². The number of aromatic hydroxyl groups is 1. The van der Waals surface area contributed by atoms with Gasteiger partial charge in [0.05, 0.1) is 17.8 Å². The van der Waals surface area contributed by atoms with Gasteiger partial charge in [0.1, 0.15) is 5.75 Å². The Labute approximate surface area is 87.3 Å². The number of halogens is 1. The number of hydrogen-bond donors (Lipinski definition) is 3. The maximum atomic E-state index is 9.49. The molecule has 2 atom stereocenters. The van der Waals surface area contributed by atoms with Gasteiger partial charge in [-0.15, -0.1) is 0 Å². The van der Waals surface area contributed by atoms with E-state index in [9.17, 15) is 10.2 Å². The molecule has 1 aromatic carbocycles. The van der Waals surface area contributed by atoms with Crippen LogP contribution in [0.25, 0.3) is 0 Å². The van der Waals surface area contributed by atoms with Crippen LogP contribution >= 0.6 is 11.6 Å². The SMILES string of the molecule is Oc1ccc(Cl)cc1N[C@@H]1CC[C@H]1O. The van der Waals surface area contributed by atoms with Crippen LogP contribution in [0.4, 0.5) is 5.69 Å². The van der Waals surface area contributed by atoms with Gasteiger partial charge >= 0.3 is 0 Å². The summed E-state index contributed by atoms with van der Waals surface area (Å²) in [5, 5.41) is 22.5. The van der Waals surface area contributed by atoms with Crippen LogP contribution in [0.3, 0.4) is 0 Å². The molecule has 0 bridgehead atoms. The van der Waals surface area contributed by atoms with E-state index in [1.54, 1.807) is 12.1 Å². The fourth-order valence-electron chi connectivity index (χ4n) is 1.47. The normalized spacial score (nSPS) is 25.6. The maximum absolute atomic E-state index is 9.49. The van der Waals surface area contributed by atoms with Crippen LogP contribution in [0.2, 0.25) is 5.02 Å². The van der Waals surface area contributed by atoms with Crippen molar-refractivity contribution < 1.29 is 10.2 Å². The van der Waals surface area contributed by atoms with Crippen molar-refractivity contribution >= 4 is 17.3 Å². The topological polar surface area (TPSA) is 52.5 Å². The Balaban J connectivity index is 2.11. The van der Waals surface area contributed by atoms with E-state index in [-0.39, 0.29) is 17.9 Å². The summed E-state index contributed by atoms with van der Waals surface area (Å²) >= 11 is 5.78. The average Bonchev–Trinajstić information content (AvgIpc) is 2.17. The van der Waals surface area contributed by atoms with Crippen LogP contribution < -0.4 is 5.32 Å². The Bertz CT molecular complexity index is 343. The van der Waals surface area contributed by atoms with Crippen molar-refractivity contribution in [1.82, 2.24) is 0 Å². The minimum atomic E-state index is -0.312. The van der Waals surface area contributed by atoms with E-state index in [4.69, 9.17) is 11.6 Å². The highest BCUT2D eigenvalue weighted by atomic mass is 35.5. The molecule has 3 N–H and O–H groups in total. The molecule has 1 aliphatic carbocycles. The molecule has 0 saturated heterocycles. The van der Waals surface area contributed by atoms with Gasteiger partial charge in [-0.2, -0.15) is 0 Å². The molecule has 76 valence electrons. The molecule has 1 aliphatic rings. The van der Waals surface area contributed by atoms with Crippen molar-refractivity contribution in [3.63, 3.8) is 0 Å². The number of aliphatic hydroxyl groups excluding tert-OH is 1. The molecule has 0 spiro atoms. The highest BCUT2D eigenvalue weighted by Gasteiger charge is 2.28. The van der Waals surface area contributed by atoms with Gasteiger partial charge in [0.25, 0.3) is 0 Å². The van der Waals surface area contributed by atoms with Crippen molar-refractivity contribution in [2.24, 2.45) is 0 Å². The first kappa shape index (κ1) is 9.62. The fourth-order valence-corrected chi connectivity index (χ4v) is 1.65. The van der Waals surface area contributed by atoms with Gasteiger partial charge in [-0.1, -0.05) is 11.6 Å². The molecule has 2 rings (SSSR count). The van der Waals surface area contributed by atoms with Crippen LogP contribution in [0, 0.1) is 0 Å². The molecule has 1 fully saturated rings. The monoisotopic (exact) mass is 213 g/mol. The Morgan fingerprint density at radius 2 is 2.14 bits per heavy atom. The van der Waals surface area contributed by atoms with Crippen LogP contribution in [0.1, 0.15) is 12.8 Å². The summed E-state index contributed by atoms with van der Waals surface area (Å²) in [5.41, 5.74) is 0.584. The minimum absolute atomic E-state index is 0.0411. The van der Waals surface area contributed by atoms with Gasteiger partial charge in [0.15, 0.2) is 0 Å². The van der Waals surface area contributed by atoms with Gasteiger partial charge in [-0.25, -0.2) is 0 Å². The predicted molar refractivity (Wildman–Crippen MR) is 55.8 cm³/mol. The number of hydrogen-bond acceptors (Lipinski definition) is 3. The van der Waals surface area contributed by atoms with Crippen molar-refractivity contribution in [2.75, 3.05) is 5.32 Å². The van der Waals surface area contributed by atoms with Crippen molar-refractivity contribution in [1.29, 1.82) is 0 Å². The van der Waals surface area contributed by atoms with Crippen LogP contribution in [-0.4, -0.2) is 22.4 Å². The van der Waals surface area contributed by atoms with E-state index in [0.29, 0.717) is 10.7 Å². The summed E-state index contributed by atoms with van der Waals surface area (Å²) < 4.78 is 0. The van der Waals surface area contributed by atoms with Gasteiger partial charge in [0.2, 0.25) is 0 Å². The lowest BCUT2D eigenvalue weighted by Crippen LogP contribution is -2.42. The molecule has 0 aromatic heterocycles. The van der Waals surface area contributed by atoms with Crippen LogP contribution in [0.15, 0.2) is 18.2 Å². The Morgan fingerprint density at radius 1 is 1.36 bits per heavy atom. The zero-order valence-corrected chi connectivity index (χ0v) is 8.33. The Morgan fingerprint density at radius 3 is 2.71 bits per heavy atom. The lowest BCUT2D eigenvalue weighted by molar-refractivity contribution is 0.0785. The molecule has 0 radical (unpaired) electrons. The molecular formula is C10H12ClNO2. The molecule has 3 nitrogen and oxygen atoms in total. The third kappa shape index (κ3) is 1.79. The van der Waals surface area contributed by atoms with Crippen molar-refractivity contribution in [3.05, 3.63) is 23.2 Å². The molecule has 0 unspecified atom stereocenters. The minimum Gasteiger partial charge on any atom is -0.506 e. The van der Waals surface area contributed by atoms with Gasteiger partial charge in [-0.05, 0) is 31.0 Å². The zero-order chi connectivity index (χ0) is 10.1. The molecule has 0 amide bonds. The average molecular weight is 214 g/mol. The molecule has 14 heavy (non-hydrogen) atoms. The highest BCUT2D eigenvalue weighted by molar-refractivity contribution is 6.30. The smallest absolute Gasteiger partial charge is 0.138 e. The summed E-state index contributed by atoms with van der Waals surface area (Å²) in [7, 11) is 0. The summed E-state index contributed by atoms with van der Waals surface area (Å²) in [5.74, 6) is 0.161. The van der Waals surface area contributed by atoms with Gasteiger partial charge in [0, 0.05) is 5.02 Å². The second-order valence-electron chi connectivity index (χ2n) is 3.56. The van der Waals surface area contributed by atoms with Crippen molar-refractivity contribution in [3.8, 4) is 5.75 Å². The molecule has 4 heteroatoms. The summed E-state index contributed by atoms with van der Waals surface area (Å²) in [6.45, 7) is 0. The Hall–Kier alpha value is -0.930. The Kier molecular flexibility index (Phi) is 2.52. The summed E-state index contributed by atoms with van der Waals surface area (Å²) in [6.07, 6.45) is 1.43. The van der Waals surface area contributed by atoms with E-state index >= 15 is 0 Å².